The molecule has 4 aromatic carbocycles. The Kier molecular flexibility index (Phi) is 10.00. The molecule has 0 heterocycles. The van der Waals surface area contributed by atoms with Crippen LogP contribution in [0.5, 0.6) is 17.2 Å². The molecule has 39 heavy (non-hydrogen) atoms. The lowest BCUT2D eigenvalue weighted by atomic mass is 10.1. The first-order chi connectivity index (χ1) is 18.9. The van der Waals surface area contributed by atoms with Crippen molar-refractivity contribution in [1.29, 1.82) is 5.26 Å². The van der Waals surface area contributed by atoms with Crippen molar-refractivity contribution in [1.82, 2.24) is 0 Å². The Labute approximate surface area is 249 Å². The number of methoxy groups -OCH3 is 1. The van der Waals surface area contributed by atoms with Crippen LogP contribution in [0.3, 0.4) is 0 Å². The third-order valence-corrected chi connectivity index (χ3v) is 7.02. The number of halogens is 2. The predicted octanol–water partition coefficient (Wildman–Crippen LogP) is 7.77. The fourth-order valence-electron chi connectivity index (χ4n) is 3.55. The monoisotopic (exact) mass is 694 g/mol. The van der Waals surface area contributed by atoms with Crippen LogP contribution >= 0.6 is 38.5 Å². The number of carbonyl (C=O) groups is 1. The lowest BCUT2D eigenvalue weighted by Crippen LogP contribution is -2.13. The molecule has 0 aliphatic heterocycles. The molecule has 0 saturated heterocycles. The summed E-state index contributed by atoms with van der Waals surface area (Å²) in [5.74, 6) is 1.17. The second-order valence-electron chi connectivity index (χ2n) is 8.36. The molecule has 0 saturated carbocycles. The maximum atomic E-state index is 12.9. The quantitative estimate of drug-likeness (QED) is 0.104. The molecule has 0 aromatic heterocycles. The molecule has 0 spiro atoms. The van der Waals surface area contributed by atoms with Crippen LogP contribution in [0, 0.1) is 14.9 Å². The van der Waals surface area contributed by atoms with E-state index in [1.54, 1.807) is 43.5 Å². The Morgan fingerprint density at radius 3 is 2.26 bits per heavy atom. The number of ether oxygens (including phenoxy) is 3. The van der Waals surface area contributed by atoms with Crippen molar-refractivity contribution in [2.45, 2.75) is 13.2 Å². The first kappa shape index (κ1) is 28.2. The topological polar surface area (TPSA) is 80.6 Å². The molecule has 0 unspecified atom stereocenters. The van der Waals surface area contributed by atoms with Gasteiger partial charge in [0.1, 0.15) is 30.6 Å². The van der Waals surface area contributed by atoms with E-state index in [2.05, 4.69) is 43.8 Å². The Morgan fingerprint density at radius 2 is 1.59 bits per heavy atom. The molecule has 6 nitrogen and oxygen atoms in total. The van der Waals surface area contributed by atoms with Crippen LogP contribution in [0.2, 0.25) is 0 Å². The number of nitriles is 1. The molecule has 4 rings (SSSR count). The summed E-state index contributed by atoms with van der Waals surface area (Å²) >= 11 is 5.78. The number of amides is 1. The standard InChI is InChI=1S/C31H24BrIN2O4/c1-37-29-16-23(28(32)17-30(29)39-20-22-7-9-25(33)10-8-22)15-24(18-34)31(36)35-26-11-13-27(14-12-26)38-19-21-5-3-2-4-6-21/h2-17H,19-20H2,1H3,(H,35,36)/b24-15+. The van der Waals surface area contributed by atoms with Crippen LogP contribution in [-0.2, 0) is 18.0 Å². The maximum absolute atomic E-state index is 12.9. The summed E-state index contributed by atoms with van der Waals surface area (Å²) in [5, 5.41) is 12.4. The average Bonchev–Trinajstić information content (AvgIpc) is 2.96. The van der Waals surface area contributed by atoms with Gasteiger partial charge in [0.25, 0.3) is 5.91 Å². The fraction of sp³-hybridized carbons (Fsp3) is 0.0968. The van der Waals surface area contributed by atoms with Gasteiger partial charge in [0.15, 0.2) is 11.5 Å². The molecule has 1 amide bonds. The van der Waals surface area contributed by atoms with Gasteiger partial charge in [0, 0.05) is 13.7 Å². The first-order valence-electron chi connectivity index (χ1n) is 11.9. The van der Waals surface area contributed by atoms with Gasteiger partial charge in [-0.05, 0) is 93.9 Å². The summed E-state index contributed by atoms with van der Waals surface area (Å²) in [4.78, 5) is 12.9. The van der Waals surface area contributed by atoms with E-state index in [0.29, 0.717) is 46.2 Å². The summed E-state index contributed by atoms with van der Waals surface area (Å²) in [6.07, 6.45) is 1.50. The Balaban J connectivity index is 1.42. The zero-order valence-electron chi connectivity index (χ0n) is 21.0. The summed E-state index contributed by atoms with van der Waals surface area (Å²) in [5.41, 5.74) is 3.17. The van der Waals surface area contributed by atoms with Crippen LogP contribution < -0.4 is 19.5 Å². The number of carbonyl (C=O) groups excluding carboxylic acids is 1. The molecule has 0 radical (unpaired) electrons. The largest absolute Gasteiger partial charge is 0.493 e. The number of hydrogen-bond donors (Lipinski definition) is 1. The second kappa shape index (κ2) is 13.8. The lowest BCUT2D eigenvalue weighted by molar-refractivity contribution is -0.112. The number of rotatable bonds is 10. The molecular formula is C31H24BrIN2O4. The smallest absolute Gasteiger partial charge is 0.266 e. The van der Waals surface area contributed by atoms with Gasteiger partial charge in [0.2, 0.25) is 0 Å². The third kappa shape index (κ3) is 8.09. The molecule has 1 N–H and O–H groups in total. The zero-order valence-corrected chi connectivity index (χ0v) is 24.7. The number of benzene rings is 4. The van der Waals surface area contributed by atoms with Gasteiger partial charge in [-0.2, -0.15) is 5.26 Å². The Bertz CT molecular complexity index is 1500. The number of anilines is 1. The summed E-state index contributed by atoms with van der Waals surface area (Å²) in [6, 6.07) is 30.4. The number of nitrogens with zero attached hydrogens (tertiary/aromatic N) is 1. The summed E-state index contributed by atoms with van der Waals surface area (Å²) in [7, 11) is 1.54. The fourth-order valence-corrected chi connectivity index (χ4v) is 4.35. The van der Waals surface area contributed by atoms with Crippen molar-refractivity contribution in [3.8, 4) is 23.3 Å². The SMILES string of the molecule is COc1cc(/C=C(\C#N)C(=O)Nc2ccc(OCc3ccccc3)cc2)c(Br)cc1OCc1ccc(I)cc1. The van der Waals surface area contributed by atoms with Crippen molar-refractivity contribution >= 4 is 56.2 Å². The van der Waals surface area contributed by atoms with Crippen molar-refractivity contribution < 1.29 is 19.0 Å². The van der Waals surface area contributed by atoms with Crippen LogP contribution in [0.4, 0.5) is 5.69 Å². The van der Waals surface area contributed by atoms with E-state index < -0.39 is 5.91 Å². The zero-order chi connectivity index (χ0) is 27.6. The van der Waals surface area contributed by atoms with Crippen molar-refractivity contribution in [3.63, 3.8) is 0 Å². The van der Waals surface area contributed by atoms with Crippen molar-refractivity contribution in [2.24, 2.45) is 0 Å². The van der Waals surface area contributed by atoms with Gasteiger partial charge in [-0.15, -0.1) is 0 Å². The molecule has 0 atom stereocenters. The normalized spacial score (nSPS) is 10.9. The molecule has 0 fully saturated rings. The minimum Gasteiger partial charge on any atom is -0.493 e. The van der Waals surface area contributed by atoms with Gasteiger partial charge >= 0.3 is 0 Å². The van der Waals surface area contributed by atoms with Gasteiger partial charge in [-0.3, -0.25) is 4.79 Å². The van der Waals surface area contributed by atoms with Gasteiger partial charge in [-0.25, -0.2) is 0 Å². The van der Waals surface area contributed by atoms with Crippen LogP contribution in [0.1, 0.15) is 16.7 Å². The average molecular weight is 695 g/mol. The Hall–Kier alpha value is -3.81. The van der Waals surface area contributed by atoms with Gasteiger partial charge in [0.05, 0.1) is 7.11 Å². The predicted molar refractivity (Wildman–Crippen MR) is 164 cm³/mol. The summed E-state index contributed by atoms with van der Waals surface area (Å²) in [6.45, 7) is 0.818. The number of nitrogens with one attached hydrogen (secondary N) is 1. The maximum Gasteiger partial charge on any atom is 0.266 e. The lowest BCUT2D eigenvalue weighted by Gasteiger charge is -2.13. The molecule has 0 aliphatic rings. The molecule has 4 aromatic rings. The van der Waals surface area contributed by atoms with E-state index in [0.717, 1.165) is 14.7 Å². The highest BCUT2D eigenvalue weighted by Crippen LogP contribution is 2.35. The Morgan fingerprint density at radius 1 is 0.923 bits per heavy atom. The van der Waals surface area contributed by atoms with E-state index in [1.807, 2.05) is 60.7 Å². The second-order valence-corrected chi connectivity index (χ2v) is 10.5. The van der Waals surface area contributed by atoms with Crippen LogP contribution in [0.25, 0.3) is 6.08 Å². The van der Waals surface area contributed by atoms with Crippen molar-refractivity contribution in [2.75, 3.05) is 12.4 Å². The van der Waals surface area contributed by atoms with Gasteiger partial charge < -0.3 is 19.5 Å². The highest BCUT2D eigenvalue weighted by Gasteiger charge is 2.14. The van der Waals surface area contributed by atoms with E-state index in [-0.39, 0.29) is 5.57 Å². The third-order valence-electron chi connectivity index (χ3n) is 5.62. The first-order valence-corrected chi connectivity index (χ1v) is 13.8. The van der Waals surface area contributed by atoms with E-state index in [9.17, 15) is 10.1 Å². The van der Waals surface area contributed by atoms with Gasteiger partial charge in [-0.1, -0.05) is 58.4 Å². The van der Waals surface area contributed by atoms with E-state index in [1.165, 1.54) is 6.08 Å². The minimum absolute atomic E-state index is 0.0604. The molecule has 8 heteroatoms. The number of hydrogen-bond acceptors (Lipinski definition) is 5. The van der Waals surface area contributed by atoms with Crippen LogP contribution in [0.15, 0.2) is 101 Å². The molecular weight excluding hydrogens is 671 g/mol. The molecule has 0 bridgehead atoms. The van der Waals surface area contributed by atoms with Crippen LogP contribution in [-0.4, -0.2) is 13.0 Å². The van der Waals surface area contributed by atoms with Crippen molar-refractivity contribution in [3.05, 3.63) is 121 Å². The van der Waals surface area contributed by atoms with E-state index in [4.69, 9.17) is 14.2 Å². The summed E-state index contributed by atoms with van der Waals surface area (Å²) < 4.78 is 19.1. The molecule has 0 aliphatic carbocycles. The minimum atomic E-state index is -0.527. The van der Waals surface area contributed by atoms with E-state index >= 15 is 0 Å². The highest BCUT2D eigenvalue weighted by atomic mass is 127. The molecule has 196 valence electrons. The highest BCUT2D eigenvalue weighted by molar-refractivity contribution is 14.1.